The van der Waals surface area contributed by atoms with Gasteiger partial charge in [0.1, 0.15) is 0 Å². The van der Waals surface area contributed by atoms with Crippen LogP contribution in [-0.2, 0) is 0 Å². The third-order valence-corrected chi connectivity index (χ3v) is 4.38. The Hall–Kier alpha value is -0.970. The van der Waals surface area contributed by atoms with E-state index in [1.807, 2.05) is 12.4 Å². The zero-order chi connectivity index (χ0) is 14.5. The van der Waals surface area contributed by atoms with E-state index in [1.165, 1.54) is 18.5 Å². The lowest BCUT2D eigenvalue weighted by atomic mass is 9.95. The third-order valence-electron chi connectivity index (χ3n) is 4.38. The van der Waals surface area contributed by atoms with Gasteiger partial charge in [-0.1, -0.05) is 6.92 Å². The maximum absolute atomic E-state index is 6.45. The number of hydrogen-bond donors (Lipinski definition) is 1. The Morgan fingerprint density at radius 3 is 2.70 bits per heavy atom. The largest absolute Gasteiger partial charge is 0.326 e. The van der Waals surface area contributed by atoms with Gasteiger partial charge in [0.05, 0.1) is 6.04 Å². The van der Waals surface area contributed by atoms with Gasteiger partial charge >= 0.3 is 0 Å². The summed E-state index contributed by atoms with van der Waals surface area (Å²) in [5.74, 6) is 0. The average molecular weight is 276 g/mol. The molecule has 2 N–H and O–H groups in total. The minimum Gasteiger partial charge on any atom is -0.326 e. The first kappa shape index (κ1) is 15.4. The summed E-state index contributed by atoms with van der Waals surface area (Å²) in [6.07, 6.45) is 5.95. The van der Waals surface area contributed by atoms with Crippen LogP contribution in [0.4, 0.5) is 0 Å². The summed E-state index contributed by atoms with van der Waals surface area (Å²) in [6.45, 7) is 7.89. The van der Waals surface area contributed by atoms with Crippen molar-refractivity contribution in [2.24, 2.45) is 5.73 Å². The lowest BCUT2D eigenvalue weighted by Gasteiger charge is -2.39. The van der Waals surface area contributed by atoms with Crippen molar-refractivity contribution in [3.8, 4) is 0 Å². The summed E-state index contributed by atoms with van der Waals surface area (Å²) in [4.78, 5) is 9.15. The smallest absolute Gasteiger partial charge is 0.0503 e. The molecule has 0 saturated carbocycles. The van der Waals surface area contributed by atoms with Crippen LogP contribution in [0.3, 0.4) is 0 Å². The zero-order valence-corrected chi connectivity index (χ0v) is 13.0. The summed E-state index contributed by atoms with van der Waals surface area (Å²) in [5.41, 5.74) is 7.75. The monoisotopic (exact) mass is 276 g/mol. The molecule has 1 aromatic rings. The summed E-state index contributed by atoms with van der Waals surface area (Å²) >= 11 is 0. The van der Waals surface area contributed by atoms with Gasteiger partial charge in [0.25, 0.3) is 0 Å². The number of rotatable bonds is 4. The lowest BCUT2D eigenvalue weighted by molar-refractivity contribution is 0.121. The van der Waals surface area contributed by atoms with Gasteiger partial charge in [0.15, 0.2) is 0 Å². The van der Waals surface area contributed by atoms with Crippen molar-refractivity contribution < 1.29 is 0 Å². The van der Waals surface area contributed by atoms with Gasteiger partial charge in [-0.25, -0.2) is 0 Å². The predicted molar refractivity (Wildman–Crippen MR) is 83.5 cm³/mol. The number of pyridine rings is 1. The van der Waals surface area contributed by atoms with E-state index < -0.39 is 0 Å². The van der Waals surface area contributed by atoms with E-state index in [0.29, 0.717) is 12.1 Å². The topological polar surface area (TPSA) is 45.4 Å². The first-order chi connectivity index (χ1) is 9.63. The van der Waals surface area contributed by atoms with E-state index in [9.17, 15) is 0 Å². The van der Waals surface area contributed by atoms with Crippen LogP contribution in [0.1, 0.15) is 38.3 Å². The van der Waals surface area contributed by atoms with Gasteiger partial charge in [-0.15, -0.1) is 0 Å². The first-order valence-electron chi connectivity index (χ1n) is 7.73. The van der Waals surface area contributed by atoms with Crippen molar-refractivity contribution in [1.29, 1.82) is 0 Å². The molecule has 1 aromatic heterocycles. The van der Waals surface area contributed by atoms with Crippen LogP contribution >= 0.6 is 0 Å². The molecule has 0 aliphatic carbocycles. The van der Waals surface area contributed by atoms with E-state index in [-0.39, 0.29) is 6.04 Å². The van der Waals surface area contributed by atoms with E-state index in [2.05, 4.69) is 47.8 Å². The number of nitrogens with two attached hydrogens (primary N) is 1. The van der Waals surface area contributed by atoms with E-state index in [4.69, 9.17) is 5.73 Å². The Morgan fingerprint density at radius 2 is 2.05 bits per heavy atom. The van der Waals surface area contributed by atoms with Crippen LogP contribution in [-0.4, -0.2) is 53.5 Å². The first-order valence-corrected chi connectivity index (χ1v) is 7.73. The van der Waals surface area contributed by atoms with E-state index in [1.54, 1.807) is 0 Å². The Morgan fingerprint density at radius 1 is 1.35 bits per heavy atom. The summed E-state index contributed by atoms with van der Waals surface area (Å²) in [6, 6.07) is 5.22. The van der Waals surface area contributed by atoms with Crippen LogP contribution in [0.5, 0.6) is 0 Å². The number of aromatic nitrogens is 1. The molecule has 0 spiro atoms. The molecular formula is C16H28N4. The third kappa shape index (κ3) is 3.57. The number of nitrogens with zero attached hydrogens (tertiary/aromatic N) is 3. The van der Waals surface area contributed by atoms with Gasteiger partial charge in [-0.3, -0.25) is 9.88 Å². The zero-order valence-electron chi connectivity index (χ0n) is 13.0. The molecule has 3 atom stereocenters. The fraction of sp³-hybridized carbons (Fsp3) is 0.688. The summed E-state index contributed by atoms with van der Waals surface area (Å²) in [5, 5.41) is 0. The highest BCUT2D eigenvalue weighted by molar-refractivity contribution is 5.18. The minimum atomic E-state index is 0.170. The van der Waals surface area contributed by atoms with Crippen molar-refractivity contribution in [2.75, 3.05) is 26.7 Å². The fourth-order valence-corrected chi connectivity index (χ4v) is 3.27. The highest BCUT2D eigenvalue weighted by atomic mass is 15.3. The molecule has 2 rings (SSSR count). The molecule has 4 heteroatoms. The van der Waals surface area contributed by atoms with Crippen LogP contribution < -0.4 is 5.73 Å². The lowest BCUT2D eigenvalue weighted by Crippen LogP contribution is -2.47. The van der Waals surface area contributed by atoms with Gasteiger partial charge in [0.2, 0.25) is 0 Å². The van der Waals surface area contributed by atoms with Crippen molar-refractivity contribution in [3.05, 3.63) is 30.1 Å². The molecule has 0 bridgehead atoms. The van der Waals surface area contributed by atoms with E-state index >= 15 is 0 Å². The van der Waals surface area contributed by atoms with E-state index in [0.717, 1.165) is 19.5 Å². The second-order valence-electron chi connectivity index (χ2n) is 6.00. The molecule has 2 heterocycles. The van der Waals surface area contributed by atoms with Crippen LogP contribution in [0, 0.1) is 0 Å². The standard InChI is InChI=1S/C16H28N4/c1-4-15(17)16(14-6-8-18-9-7-14)20-11-5-10-19(3)12-13(20)2/h6-9,13,15-16H,4-5,10-12,17H2,1-3H3. The summed E-state index contributed by atoms with van der Waals surface area (Å²) < 4.78 is 0. The second kappa shape index (κ2) is 7.16. The van der Waals surface area contributed by atoms with Crippen LogP contribution in [0.2, 0.25) is 0 Å². The average Bonchev–Trinajstić information content (AvgIpc) is 2.61. The van der Waals surface area contributed by atoms with Crippen molar-refractivity contribution in [1.82, 2.24) is 14.8 Å². The number of likely N-dealkylation sites (N-methyl/N-ethyl adjacent to an activating group) is 1. The SMILES string of the molecule is CCC(N)C(c1ccncc1)N1CCCN(C)CC1C. The number of hydrogen-bond acceptors (Lipinski definition) is 4. The molecular weight excluding hydrogens is 248 g/mol. The van der Waals surface area contributed by atoms with Gasteiger partial charge in [-0.05, 0) is 51.1 Å². The predicted octanol–water partition coefficient (Wildman–Crippen LogP) is 1.89. The maximum Gasteiger partial charge on any atom is 0.0503 e. The molecule has 0 amide bonds. The molecule has 1 aliphatic heterocycles. The maximum atomic E-state index is 6.45. The quantitative estimate of drug-likeness (QED) is 0.912. The minimum absolute atomic E-state index is 0.170. The van der Waals surface area contributed by atoms with Crippen molar-refractivity contribution >= 4 is 0 Å². The van der Waals surface area contributed by atoms with Crippen molar-refractivity contribution in [3.63, 3.8) is 0 Å². The molecule has 3 unspecified atom stereocenters. The highest BCUT2D eigenvalue weighted by Crippen LogP contribution is 2.28. The fourth-order valence-electron chi connectivity index (χ4n) is 3.27. The Kier molecular flexibility index (Phi) is 5.52. The Bertz CT molecular complexity index is 395. The van der Waals surface area contributed by atoms with Gasteiger partial charge in [-0.2, -0.15) is 0 Å². The Balaban J connectivity index is 2.26. The molecule has 1 aliphatic rings. The molecule has 1 fully saturated rings. The molecule has 1 saturated heterocycles. The van der Waals surface area contributed by atoms with Crippen LogP contribution in [0.15, 0.2) is 24.5 Å². The van der Waals surface area contributed by atoms with Gasteiger partial charge < -0.3 is 10.6 Å². The van der Waals surface area contributed by atoms with Crippen molar-refractivity contribution in [2.45, 2.75) is 44.8 Å². The second-order valence-corrected chi connectivity index (χ2v) is 6.00. The van der Waals surface area contributed by atoms with Crippen LogP contribution in [0.25, 0.3) is 0 Å². The molecule has 20 heavy (non-hydrogen) atoms. The molecule has 4 nitrogen and oxygen atoms in total. The van der Waals surface area contributed by atoms with Gasteiger partial charge in [0, 0.05) is 37.6 Å². The Labute approximate surface area is 123 Å². The summed E-state index contributed by atoms with van der Waals surface area (Å²) in [7, 11) is 2.21. The molecule has 0 radical (unpaired) electrons. The highest BCUT2D eigenvalue weighted by Gasteiger charge is 2.30. The molecule has 0 aromatic carbocycles. The molecule has 112 valence electrons. The normalized spacial score (nSPS) is 25.1.